The van der Waals surface area contributed by atoms with Crippen molar-refractivity contribution >= 4 is 17.5 Å². The summed E-state index contributed by atoms with van der Waals surface area (Å²) in [6.07, 6.45) is 0.868. The molecule has 0 spiro atoms. The van der Waals surface area contributed by atoms with Gasteiger partial charge in [0.1, 0.15) is 0 Å². The predicted octanol–water partition coefficient (Wildman–Crippen LogP) is 4.90. The molecule has 1 aliphatic rings. The molecule has 4 rings (SSSR count). The molecule has 2 amide bonds. The maximum Gasteiger partial charge on any atom is 0.254 e. The van der Waals surface area contributed by atoms with Crippen molar-refractivity contribution in [1.82, 2.24) is 9.80 Å². The summed E-state index contributed by atoms with van der Waals surface area (Å²) < 4.78 is 0. The fraction of sp³-hybridized carbons (Fsp3) is 0.310. The number of hydrogen-bond donors (Lipinski definition) is 0. The molecule has 176 valence electrons. The van der Waals surface area contributed by atoms with Crippen LogP contribution < -0.4 is 4.90 Å². The van der Waals surface area contributed by atoms with Crippen molar-refractivity contribution in [1.29, 1.82) is 0 Å². The number of carbonyl (C=O) groups is 2. The Hall–Kier alpha value is -3.44. The second-order valence-corrected chi connectivity index (χ2v) is 9.01. The highest BCUT2D eigenvalue weighted by Crippen LogP contribution is 2.24. The number of aryl methyl sites for hydroxylation is 1. The fourth-order valence-corrected chi connectivity index (χ4v) is 4.60. The van der Waals surface area contributed by atoms with Gasteiger partial charge >= 0.3 is 0 Å². The Morgan fingerprint density at radius 1 is 0.824 bits per heavy atom. The van der Waals surface area contributed by atoms with Crippen LogP contribution in [0.3, 0.4) is 0 Å². The zero-order valence-electron chi connectivity index (χ0n) is 20.1. The molecule has 1 heterocycles. The highest BCUT2D eigenvalue weighted by Gasteiger charge is 2.23. The third-order valence-corrected chi connectivity index (χ3v) is 6.37. The van der Waals surface area contributed by atoms with E-state index < -0.39 is 0 Å². The summed E-state index contributed by atoms with van der Waals surface area (Å²) in [4.78, 5) is 32.4. The smallest absolute Gasteiger partial charge is 0.254 e. The van der Waals surface area contributed by atoms with Gasteiger partial charge in [0, 0.05) is 57.4 Å². The van der Waals surface area contributed by atoms with E-state index >= 15 is 0 Å². The molecule has 0 aromatic heterocycles. The largest absolute Gasteiger partial charge is 0.333 e. The summed E-state index contributed by atoms with van der Waals surface area (Å²) in [5, 5.41) is 0. The van der Waals surface area contributed by atoms with Crippen LogP contribution in [-0.2, 0) is 17.9 Å². The molecule has 0 unspecified atom stereocenters. The van der Waals surface area contributed by atoms with Gasteiger partial charge in [0.15, 0.2) is 0 Å². The van der Waals surface area contributed by atoms with Gasteiger partial charge in [0.2, 0.25) is 5.91 Å². The first-order chi connectivity index (χ1) is 16.5. The summed E-state index contributed by atoms with van der Waals surface area (Å²) in [7, 11) is 0. The van der Waals surface area contributed by atoms with Gasteiger partial charge in [-0.05, 0) is 42.7 Å². The molecule has 34 heavy (non-hydrogen) atoms. The van der Waals surface area contributed by atoms with Crippen LogP contribution in [0.1, 0.15) is 40.4 Å². The monoisotopic (exact) mass is 455 g/mol. The van der Waals surface area contributed by atoms with Gasteiger partial charge in [-0.3, -0.25) is 14.5 Å². The fourth-order valence-electron chi connectivity index (χ4n) is 4.60. The molecular formula is C29H33N3O2. The molecule has 3 aromatic rings. The van der Waals surface area contributed by atoms with E-state index in [1.165, 1.54) is 5.56 Å². The minimum absolute atomic E-state index is 0.0202. The first-order valence-corrected chi connectivity index (χ1v) is 12.0. The highest BCUT2D eigenvalue weighted by molar-refractivity contribution is 5.95. The maximum atomic E-state index is 13.6. The van der Waals surface area contributed by atoms with Crippen molar-refractivity contribution in [2.24, 2.45) is 0 Å². The summed E-state index contributed by atoms with van der Waals surface area (Å²) >= 11 is 0. The minimum Gasteiger partial charge on any atom is -0.333 e. The van der Waals surface area contributed by atoms with E-state index in [2.05, 4.69) is 29.2 Å². The number of amides is 2. The van der Waals surface area contributed by atoms with E-state index in [0.717, 1.165) is 42.9 Å². The van der Waals surface area contributed by atoms with Gasteiger partial charge in [-0.1, -0.05) is 66.2 Å². The highest BCUT2D eigenvalue weighted by atomic mass is 16.2. The number of para-hydroxylation sites is 1. The zero-order valence-corrected chi connectivity index (χ0v) is 20.1. The quantitative estimate of drug-likeness (QED) is 0.564. The SMILES string of the molecule is CC(=O)N1CCCN(Cc2ccccc2)CCN(C(=O)c2cccc(C)c2)Cc2ccccc21. The molecule has 0 aliphatic carbocycles. The Morgan fingerprint density at radius 3 is 2.35 bits per heavy atom. The van der Waals surface area contributed by atoms with E-state index in [0.29, 0.717) is 25.2 Å². The van der Waals surface area contributed by atoms with Crippen LogP contribution in [0.5, 0.6) is 0 Å². The average Bonchev–Trinajstić information content (AvgIpc) is 2.87. The summed E-state index contributed by atoms with van der Waals surface area (Å²) in [5.41, 5.74) is 4.91. The number of anilines is 1. The van der Waals surface area contributed by atoms with Crippen LogP contribution >= 0.6 is 0 Å². The lowest BCUT2D eigenvalue weighted by molar-refractivity contribution is -0.116. The predicted molar refractivity (Wildman–Crippen MR) is 137 cm³/mol. The van der Waals surface area contributed by atoms with Gasteiger partial charge in [-0.25, -0.2) is 0 Å². The van der Waals surface area contributed by atoms with Crippen LogP contribution in [-0.4, -0.2) is 47.8 Å². The Bertz CT molecular complexity index is 1130. The molecule has 1 aliphatic heterocycles. The molecule has 5 nitrogen and oxygen atoms in total. The molecule has 5 heteroatoms. The second kappa shape index (κ2) is 11.1. The lowest BCUT2D eigenvalue weighted by atomic mass is 10.1. The topological polar surface area (TPSA) is 43.9 Å². The molecule has 0 radical (unpaired) electrons. The normalized spacial score (nSPS) is 15.4. The Kier molecular flexibility index (Phi) is 7.76. The van der Waals surface area contributed by atoms with Crippen LogP contribution in [0.2, 0.25) is 0 Å². The maximum absolute atomic E-state index is 13.6. The molecule has 0 saturated heterocycles. The number of rotatable bonds is 3. The van der Waals surface area contributed by atoms with Crippen LogP contribution in [0, 0.1) is 6.92 Å². The minimum atomic E-state index is 0.0202. The Morgan fingerprint density at radius 2 is 1.59 bits per heavy atom. The van der Waals surface area contributed by atoms with E-state index in [1.807, 2.05) is 71.3 Å². The van der Waals surface area contributed by atoms with Gasteiger partial charge in [-0.2, -0.15) is 0 Å². The van der Waals surface area contributed by atoms with Gasteiger partial charge < -0.3 is 9.80 Å². The van der Waals surface area contributed by atoms with Crippen molar-refractivity contribution in [3.8, 4) is 0 Å². The molecule has 0 N–H and O–H groups in total. The summed E-state index contributed by atoms with van der Waals surface area (Å²) in [5.74, 6) is 0.0460. The Labute approximate surface area is 202 Å². The Balaban J connectivity index is 1.66. The zero-order chi connectivity index (χ0) is 23.9. The van der Waals surface area contributed by atoms with Gasteiger partial charge in [0.25, 0.3) is 5.91 Å². The number of benzene rings is 3. The molecule has 0 saturated carbocycles. The third-order valence-electron chi connectivity index (χ3n) is 6.37. The van der Waals surface area contributed by atoms with Gasteiger partial charge in [0.05, 0.1) is 0 Å². The van der Waals surface area contributed by atoms with Crippen molar-refractivity contribution < 1.29 is 9.59 Å². The number of carbonyl (C=O) groups excluding carboxylic acids is 2. The van der Waals surface area contributed by atoms with E-state index in [9.17, 15) is 9.59 Å². The third kappa shape index (κ3) is 5.91. The van der Waals surface area contributed by atoms with Crippen molar-refractivity contribution in [3.05, 3.63) is 101 Å². The lowest BCUT2D eigenvalue weighted by Gasteiger charge is -2.28. The van der Waals surface area contributed by atoms with E-state index in [-0.39, 0.29) is 11.8 Å². The van der Waals surface area contributed by atoms with Crippen LogP contribution in [0.4, 0.5) is 5.69 Å². The van der Waals surface area contributed by atoms with E-state index in [1.54, 1.807) is 6.92 Å². The molecular weight excluding hydrogens is 422 g/mol. The lowest BCUT2D eigenvalue weighted by Crippen LogP contribution is -2.38. The molecule has 3 aromatic carbocycles. The first-order valence-electron chi connectivity index (χ1n) is 12.0. The summed E-state index contributed by atoms with van der Waals surface area (Å²) in [6, 6.07) is 26.2. The van der Waals surface area contributed by atoms with Crippen molar-refractivity contribution in [3.63, 3.8) is 0 Å². The van der Waals surface area contributed by atoms with Crippen LogP contribution in [0.25, 0.3) is 0 Å². The van der Waals surface area contributed by atoms with E-state index in [4.69, 9.17) is 0 Å². The standard InChI is InChI=1S/C29H33N3O2/c1-23-10-8-14-26(20-23)29(34)31-19-18-30(21-25-11-4-3-5-12-25)16-9-17-32(24(2)33)28-15-7-6-13-27(28)22-31/h3-8,10-15,20H,9,16-19,21-22H2,1-2H3. The second-order valence-electron chi connectivity index (χ2n) is 9.01. The molecule has 0 atom stereocenters. The van der Waals surface area contributed by atoms with Crippen molar-refractivity contribution in [2.45, 2.75) is 33.4 Å². The summed E-state index contributed by atoms with van der Waals surface area (Å²) in [6.45, 7) is 7.81. The van der Waals surface area contributed by atoms with Gasteiger partial charge in [-0.15, -0.1) is 0 Å². The number of hydrogen-bond acceptors (Lipinski definition) is 3. The molecule has 0 fully saturated rings. The van der Waals surface area contributed by atoms with Crippen molar-refractivity contribution in [2.75, 3.05) is 31.1 Å². The van der Waals surface area contributed by atoms with Crippen LogP contribution in [0.15, 0.2) is 78.9 Å². The number of nitrogens with zero attached hydrogens (tertiary/aromatic N) is 3. The number of fused-ring (bicyclic) bond motifs is 1. The average molecular weight is 456 g/mol. The first kappa shape index (κ1) is 23.7. The molecule has 0 bridgehead atoms.